The number of carbonyl (C=O) groups is 1. The molecule has 0 unspecified atom stereocenters. The molecule has 0 spiro atoms. The predicted molar refractivity (Wildman–Crippen MR) is 117 cm³/mol. The van der Waals surface area contributed by atoms with Crippen molar-refractivity contribution in [3.8, 4) is 0 Å². The molecule has 1 fully saturated rings. The van der Waals surface area contributed by atoms with Crippen molar-refractivity contribution < 1.29 is 22.0 Å². The number of rotatable bonds is 6. The van der Waals surface area contributed by atoms with Gasteiger partial charge in [-0.05, 0) is 49.1 Å². The molecule has 3 heterocycles. The molecular formula is C22H24F2N4O3S. The molecule has 1 aromatic carbocycles. The van der Waals surface area contributed by atoms with Crippen LogP contribution in [0.5, 0.6) is 0 Å². The number of anilines is 1. The van der Waals surface area contributed by atoms with Crippen molar-refractivity contribution >= 4 is 27.1 Å². The molecule has 32 heavy (non-hydrogen) atoms. The fourth-order valence-electron chi connectivity index (χ4n) is 4.17. The van der Waals surface area contributed by atoms with Gasteiger partial charge in [-0.25, -0.2) is 26.4 Å². The molecule has 4 rings (SSSR count). The van der Waals surface area contributed by atoms with Crippen molar-refractivity contribution in [2.45, 2.75) is 32.7 Å². The molecule has 0 saturated carbocycles. The topological polar surface area (TPSA) is 83.8 Å². The molecule has 1 saturated heterocycles. The molecule has 0 aliphatic carbocycles. The summed E-state index contributed by atoms with van der Waals surface area (Å²) in [4.78, 5) is 14.6. The average molecular weight is 463 g/mol. The molecule has 0 radical (unpaired) electrons. The Labute approximate surface area is 185 Å². The van der Waals surface area contributed by atoms with E-state index in [1.54, 1.807) is 32.2 Å². The molecule has 7 nitrogen and oxygen atoms in total. The number of pyridine rings is 1. The van der Waals surface area contributed by atoms with Gasteiger partial charge in [-0.2, -0.15) is 5.10 Å². The van der Waals surface area contributed by atoms with Crippen molar-refractivity contribution in [2.24, 2.45) is 5.92 Å². The predicted octanol–water partition coefficient (Wildman–Crippen LogP) is 3.67. The van der Waals surface area contributed by atoms with Crippen molar-refractivity contribution in [3.05, 3.63) is 65.5 Å². The molecule has 3 aromatic rings. The Kier molecular flexibility index (Phi) is 5.89. The van der Waals surface area contributed by atoms with E-state index in [1.807, 2.05) is 4.90 Å². The van der Waals surface area contributed by atoms with Gasteiger partial charge in [-0.3, -0.25) is 4.79 Å². The van der Waals surface area contributed by atoms with Crippen LogP contribution in [0.1, 0.15) is 48.7 Å². The van der Waals surface area contributed by atoms with E-state index in [2.05, 4.69) is 9.82 Å². The summed E-state index contributed by atoms with van der Waals surface area (Å²) in [6, 6.07) is 6.59. The quantitative estimate of drug-likeness (QED) is 0.604. The Morgan fingerprint density at radius 1 is 1.25 bits per heavy atom. The molecule has 1 N–H and O–H groups in total. The first-order valence-electron chi connectivity index (χ1n) is 10.4. The van der Waals surface area contributed by atoms with Gasteiger partial charge in [0.25, 0.3) is 5.91 Å². The first kappa shape index (κ1) is 22.2. The van der Waals surface area contributed by atoms with E-state index in [1.165, 1.54) is 16.8 Å². The fraction of sp³-hybridized carbons (Fsp3) is 0.364. The van der Waals surface area contributed by atoms with Crippen LogP contribution >= 0.6 is 0 Å². The summed E-state index contributed by atoms with van der Waals surface area (Å²) in [7, 11) is -3.78. The van der Waals surface area contributed by atoms with Crippen molar-refractivity contribution in [2.75, 3.05) is 17.2 Å². The van der Waals surface area contributed by atoms with Crippen molar-refractivity contribution in [3.63, 3.8) is 0 Å². The standard InChI is InChI=1S/C22H24F2N4O3S/c1-14(2)13-32(30,31)26-22(29)18-12-25-28-9-7-16(11-21(18)28)27-8-3-4-20(27)17-10-15(23)5-6-19(17)24/h5-7,9-12,14,20H,3-4,8,13H2,1-2H3,(H,26,29)/t20-/m1/s1. The third-order valence-corrected chi connectivity index (χ3v) is 7.05. The first-order chi connectivity index (χ1) is 15.1. The minimum atomic E-state index is -3.78. The number of sulfonamides is 1. The summed E-state index contributed by atoms with van der Waals surface area (Å²) in [5.41, 5.74) is 1.54. The Balaban J connectivity index is 1.66. The molecular weight excluding hydrogens is 438 g/mol. The van der Waals surface area contributed by atoms with Crippen LogP contribution in [0.4, 0.5) is 14.5 Å². The van der Waals surface area contributed by atoms with Crippen LogP contribution in [0, 0.1) is 17.6 Å². The van der Waals surface area contributed by atoms with Crippen LogP contribution in [0.3, 0.4) is 0 Å². The van der Waals surface area contributed by atoms with E-state index in [0.717, 1.165) is 18.6 Å². The van der Waals surface area contributed by atoms with Gasteiger partial charge >= 0.3 is 0 Å². The summed E-state index contributed by atoms with van der Waals surface area (Å²) in [6.07, 6.45) is 4.42. The largest absolute Gasteiger partial charge is 0.364 e. The second-order valence-corrected chi connectivity index (χ2v) is 10.2. The lowest BCUT2D eigenvalue weighted by molar-refractivity contribution is 0.0983. The smallest absolute Gasteiger partial charge is 0.268 e. The van der Waals surface area contributed by atoms with Gasteiger partial charge in [-0.1, -0.05) is 13.8 Å². The Bertz CT molecular complexity index is 1270. The Morgan fingerprint density at radius 3 is 2.78 bits per heavy atom. The Morgan fingerprint density at radius 2 is 2.03 bits per heavy atom. The summed E-state index contributed by atoms with van der Waals surface area (Å²) in [5.74, 6) is -2.03. The van der Waals surface area contributed by atoms with Crippen LogP contribution < -0.4 is 9.62 Å². The Hall–Kier alpha value is -3.01. The summed E-state index contributed by atoms with van der Waals surface area (Å²) in [6.45, 7) is 4.13. The summed E-state index contributed by atoms with van der Waals surface area (Å²) < 4.78 is 56.1. The third-order valence-electron chi connectivity index (χ3n) is 5.45. The van der Waals surface area contributed by atoms with E-state index < -0.39 is 27.6 Å². The second-order valence-electron chi connectivity index (χ2n) is 8.40. The van der Waals surface area contributed by atoms with Gasteiger partial charge in [0.1, 0.15) is 11.6 Å². The molecule has 0 bridgehead atoms. The number of nitrogens with zero attached hydrogens (tertiary/aromatic N) is 3. The fourth-order valence-corrected chi connectivity index (χ4v) is 5.52. The van der Waals surface area contributed by atoms with Gasteiger partial charge in [0, 0.05) is 24.0 Å². The minimum absolute atomic E-state index is 0.117. The minimum Gasteiger partial charge on any atom is -0.364 e. The lowest BCUT2D eigenvalue weighted by Gasteiger charge is -2.27. The monoisotopic (exact) mass is 462 g/mol. The van der Waals surface area contributed by atoms with Gasteiger partial charge in [0.15, 0.2) is 0 Å². The van der Waals surface area contributed by atoms with E-state index in [9.17, 15) is 22.0 Å². The van der Waals surface area contributed by atoms with Crippen molar-refractivity contribution in [1.29, 1.82) is 0 Å². The maximum Gasteiger partial charge on any atom is 0.268 e. The van der Waals surface area contributed by atoms with Gasteiger partial charge < -0.3 is 4.90 Å². The zero-order chi connectivity index (χ0) is 23.0. The zero-order valence-electron chi connectivity index (χ0n) is 17.8. The lowest BCUT2D eigenvalue weighted by atomic mass is 10.0. The zero-order valence-corrected chi connectivity index (χ0v) is 18.6. The highest BCUT2D eigenvalue weighted by Crippen LogP contribution is 2.38. The van der Waals surface area contributed by atoms with Gasteiger partial charge in [0.2, 0.25) is 10.0 Å². The van der Waals surface area contributed by atoms with E-state index >= 15 is 0 Å². The molecule has 2 aromatic heterocycles. The molecule has 1 aliphatic rings. The van der Waals surface area contributed by atoms with Crippen LogP contribution in [0.2, 0.25) is 0 Å². The van der Waals surface area contributed by atoms with E-state index in [4.69, 9.17) is 0 Å². The van der Waals surface area contributed by atoms with Crippen LogP contribution in [0.15, 0.2) is 42.7 Å². The summed E-state index contributed by atoms with van der Waals surface area (Å²) >= 11 is 0. The number of hydrogen-bond donors (Lipinski definition) is 1. The first-order valence-corrected chi connectivity index (χ1v) is 12.0. The number of benzene rings is 1. The van der Waals surface area contributed by atoms with Crippen LogP contribution in [-0.4, -0.2) is 36.2 Å². The molecule has 170 valence electrons. The number of fused-ring (bicyclic) bond motifs is 1. The highest BCUT2D eigenvalue weighted by molar-refractivity contribution is 7.90. The van der Waals surface area contributed by atoms with Crippen LogP contribution in [-0.2, 0) is 10.0 Å². The summed E-state index contributed by atoms with van der Waals surface area (Å²) in [5, 5.41) is 4.13. The lowest BCUT2D eigenvalue weighted by Crippen LogP contribution is -2.33. The highest BCUT2D eigenvalue weighted by atomic mass is 32.2. The SMILES string of the molecule is CC(C)CS(=O)(=O)NC(=O)c1cnn2ccc(N3CCC[C@@H]3c3cc(F)ccc3F)cc12. The number of carbonyl (C=O) groups excluding carboxylic acids is 1. The van der Waals surface area contributed by atoms with Gasteiger partial charge in [0.05, 0.1) is 29.1 Å². The van der Waals surface area contributed by atoms with Gasteiger partial charge in [-0.15, -0.1) is 0 Å². The van der Waals surface area contributed by atoms with Crippen molar-refractivity contribution in [1.82, 2.24) is 14.3 Å². The molecule has 1 atom stereocenters. The third kappa shape index (κ3) is 4.45. The number of amides is 1. The normalized spacial score (nSPS) is 16.8. The maximum atomic E-state index is 14.4. The second kappa shape index (κ2) is 8.50. The van der Waals surface area contributed by atoms with Crippen LogP contribution in [0.25, 0.3) is 5.52 Å². The molecule has 10 heteroatoms. The number of nitrogens with one attached hydrogen (secondary N) is 1. The van der Waals surface area contributed by atoms with E-state index in [-0.39, 0.29) is 28.8 Å². The maximum absolute atomic E-state index is 14.4. The number of halogens is 2. The highest BCUT2D eigenvalue weighted by Gasteiger charge is 2.29. The molecule has 1 amide bonds. The van der Waals surface area contributed by atoms with E-state index in [0.29, 0.717) is 24.2 Å². The number of hydrogen-bond acceptors (Lipinski definition) is 5. The number of aromatic nitrogens is 2. The molecule has 1 aliphatic heterocycles. The average Bonchev–Trinajstić information content (AvgIpc) is 3.34.